The summed E-state index contributed by atoms with van der Waals surface area (Å²) in [6.45, 7) is 2.30. The molecule has 47 heavy (non-hydrogen) atoms. The van der Waals surface area contributed by atoms with Crippen molar-refractivity contribution >= 4 is 11.8 Å². The molecule has 6 aliphatic rings. The van der Waals surface area contributed by atoms with Crippen LogP contribution in [0.25, 0.3) is 0 Å². The largest absolute Gasteiger partial charge is 0.362 e. The molecule has 4 atom stereocenters. The lowest BCUT2D eigenvalue weighted by molar-refractivity contribution is -0.132. The normalized spacial score (nSPS) is 32.7. The Balaban J connectivity index is 0.669. The zero-order valence-corrected chi connectivity index (χ0v) is 28.1. The van der Waals surface area contributed by atoms with Gasteiger partial charge in [-0.2, -0.15) is 0 Å². The van der Waals surface area contributed by atoms with Crippen molar-refractivity contribution in [3.05, 3.63) is 70.8 Å². The van der Waals surface area contributed by atoms with Crippen molar-refractivity contribution in [1.29, 1.82) is 0 Å². The van der Waals surface area contributed by atoms with Crippen LogP contribution in [0.15, 0.2) is 48.5 Å². The van der Waals surface area contributed by atoms with Crippen molar-refractivity contribution in [2.75, 3.05) is 26.3 Å². The summed E-state index contributed by atoms with van der Waals surface area (Å²) in [6.07, 6.45) is 16.6. The molecule has 252 valence electrons. The Labute approximate surface area is 281 Å². The van der Waals surface area contributed by atoms with Crippen LogP contribution in [0, 0.1) is 11.8 Å². The zero-order chi connectivity index (χ0) is 31.7. The van der Waals surface area contributed by atoms with Crippen LogP contribution in [0.1, 0.15) is 136 Å². The number of carbonyl (C=O) groups excluding carboxylic acids is 2. The highest BCUT2D eigenvalue weighted by Crippen LogP contribution is 2.54. The average Bonchev–Trinajstić information content (AvgIpc) is 3.86. The van der Waals surface area contributed by atoms with E-state index >= 15 is 0 Å². The van der Waals surface area contributed by atoms with E-state index in [9.17, 15) is 9.59 Å². The molecule has 2 aromatic carbocycles. The molecule has 0 spiro atoms. The van der Waals surface area contributed by atoms with Gasteiger partial charge in [0.25, 0.3) is 0 Å². The van der Waals surface area contributed by atoms with Crippen LogP contribution in [-0.4, -0.2) is 60.0 Å². The van der Waals surface area contributed by atoms with Gasteiger partial charge >= 0.3 is 0 Å². The van der Waals surface area contributed by atoms with Crippen molar-refractivity contribution in [1.82, 2.24) is 20.4 Å². The van der Waals surface area contributed by atoms with Crippen LogP contribution in [-0.2, 0) is 14.3 Å². The maximum atomic E-state index is 12.6. The second-order valence-electron chi connectivity index (χ2n) is 15.6. The summed E-state index contributed by atoms with van der Waals surface area (Å²) in [5, 5.41) is 6.34. The van der Waals surface area contributed by atoms with E-state index in [2.05, 4.69) is 69.0 Å². The third-order valence-corrected chi connectivity index (χ3v) is 12.9. The standard InChI is InChI=1S/C40H54N4O3/c45-39(41-29-13-9-27(10-14-29)21-23-43-35-17-18-36(43)32-6-2-1-5-31(32)35)25-47-26-40(46)42-30-15-11-28(12-16-30)22-24-44-37-19-20-38(44)34-8-4-3-7-33(34)37/h1-8,27-30,35-38H,9-26H2,(H,41,45)(H,42,46). The van der Waals surface area contributed by atoms with E-state index in [0.717, 1.165) is 37.5 Å². The monoisotopic (exact) mass is 638 g/mol. The van der Waals surface area contributed by atoms with Gasteiger partial charge in [0.1, 0.15) is 13.2 Å². The van der Waals surface area contributed by atoms with Crippen LogP contribution in [0.5, 0.6) is 0 Å². The fraction of sp³-hybridized carbons (Fsp3) is 0.650. The molecule has 2 amide bonds. The van der Waals surface area contributed by atoms with Crippen molar-refractivity contribution in [2.24, 2.45) is 11.8 Å². The van der Waals surface area contributed by atoms with E-state index in [-0.39, 0.29) is 37.1 Å². The molecule has 2 aromatic rings. The molecular weight excluding hydrogens is 584 g/mol. The summed E-state index contributed by atoms with van der Waals surface area (Å²) in [4.78, 5) is 30.7. The lowest BCUT2D eigenvalue weighted by Crippen LogP contribution is -2.42. The van der Waals surface area contributed by atoms with Crippen LogP contribution in [0.4, 0.5) is 0 Å². The van der Waals surface area contributed by atoms with Gasteiger partial charge < -0.3 is 15.4 Å². The van der Waals surface area contributed by atoms with E-state index in [1.807, 2.05) is 0 Å². The summed E-state index contributed by atoms with van der Waals surface area (Å²) in [7, 11) is 0. The second-order valence-corrected chi connectivity index (χ2v) is 15.6. The minimum atomic E-state index is -0.0947. The maximum absolute atomic E-state index is 12.6. The Morgan fingerprint density at radius 2 is 0.872 bits per heavy atom. The van der Waals surface area contributed by atoms with Crippen LogP contribution < -0.4 is 10.6 Å². The summed E-state index contributed by atoms with van der Waals surface area (Å²) in [5.41, 5.74) is 6.27. The van der Waals surface area contributed by atoms with Gasteiger partial charge in [-0.1, -0.05) is 48.5 Å². The van der Waals surface area contributed by atoms with E-state index in [1.54, 1.807) is 22.3 Å². The number of nitrogens with zero attached hydrogens (tertiary/aromatic N) is 2. The Bertz CT molecular complexity index is 1250. The predicted molar refractivity (Wildman–Crippen MR) is 184 cm³/mol. The SMILES string of the molecule is O=C(COCC(=O)NC1CCC(CCN2C3CCC2c2ccccc23)CC1)NC1CCC(CCN2C3CCC2c2ccccc23)CC1. The number of carbonyl (C=O) groups is 2. The number of benzene rings is 2. The molecule has 8 rings (SSSR count). The summed E-state index contributed by atoms with van der Waals surface area (Å²) in [6, 6.07) is 21.1. The van der Waals surface area contributed by atoms with Crippen molar-refractivity contribution in [3.63, 3.8) is 0 Å². The molecule has 0 aromatic heterocycles. The molecule has 2 saturated heterocycles. The first-order chi connectivity index (χ1) is 23.1. The highest BCUT2D eigenvalue weighted by atomic mass is 16.5. The highest BCUT2D eigenvalue weighted by molar-refractivity contribution is 5.79. The van der Waals surface area contributed by atoms with E-state index in [0.29, 0.717) is 24.2 Å². The number of fused-ring (bicyclic) bond motifs is 10. The summed E-state index contributed by atoms with van der Waals surface area (Å²) in [5.74, 6) is 1.31. The summed E-state index contributed by atoms with van der Waals surface area (Å²) >= 11 is 0. The Morgan fingerprint density at radius 1 is 0.532 bits per heavy atom. The van der Waals surface area contributed by atoms with Crippen LogP contribution in [0.3, 0.4) is 0 Å². The molecule has 2 N–H and O–H groups in total. The molecular formula is C40H54N4O3. The molecule has 0 radical (unpaired) electrons. The minimum absolute atomic E-state index is 0.0409. The molecule has 2 aliphatic carbocycles. The summed E-state index contributed by atoms with van der Waals surface area (Å²) < 4.78 is 5.54. The lowest BCUT2D eigenvalue weighted by atomic mass is 9.84. The Kier molecular flexibility index (Phi) is 9.40. The molecule has 4 unspecified atom stereocenters. The third kappa shape index (κ3) is 6.65. The number of hydrogen-bond acceptors (Lipinski definition) is 5. The number of rotatable bonds is 12. The van der Waals surface area contributed by atoms with Gasteiger partial charge in [0.05, 0.1) is 0 Å². The van der Waals surface area contributed by atoms with Crippen molar-refractivity contribution < 1.29 is 14.3 Å². The Morgan fingerprint density at radius 3 is 1.21 bits per heavy atom. The zero-order valence-electron chi connectivity index (χ0n) is 28.1. The van der Waals surface area contributed by atoms with Gasteiger partial charge in [0, 0.05) is 36.3 Å². The molecule has 4 heterocycles. The van der Waals surface area contributed by atoms with E-state index in [4.69, 9.17) is 4.74 Å². The van der Waals surface area contributed by atoms with Crippen LogP contribution in [0.2, 0.25) is 0 Å². The Hall–Kier alpha value is -2.74. The fourth-order valence-corrected chi connectivity index (χ4v) is 10.6. The molecule has 4 aliphatic heterocycles. The maximum Gasteiger partial charge on any atom is 0.246 e. The molecule has 7 heteroatoms. The highest BCUT2D eigenvalue weighted by Gasteiger charge is 2.44. The third-order valence-electron chi connectivity index (χ3n) is 12.9. The molecule has 4 bridgehead atoms. The predicted octanol–water partition coefficient (Wildman–Crippen LogP) is 6.92. The van der Waals surface area contributed by atoms with Gasteiger partial charge in [-0.15, -0.1) is 0 Å². The smallest absolute Gasteiger partial charge is 0.246 e. The van der Waals surface area contributed by atoms with Crippen molar-refractivity contribution in [3.8, 4) is 0 Å². The van der Waals surface area contributed by atoms with Gasteiger partial charge in [0.15, 0.2) is 0 Å². The average molecular weight is 639 g/mol. The molecule has 2 saturated carbocycles. The number of ether oxygens (including phenoxy) is 1. The van der Waals surface area contributed by atoms with Crippen molar-refractivity contribution in [2.45, 2.75) is 126 Å². The first-order valence-corrected chi connectivity index (χ1v) is 19.0. The topological polar surface area (TPSA) is 73.9 Å². The van der Waals surface area contributed by atoms with Gasteiger partial charge in [0.2, 0.25) is 11.8 Å². The molecule has 4 fully saturated rings. The first-order valence-electron chi connectivity index (χ1n) is 19.0. The van der Waals surface area contributed by atoms with Gasteiger partial charge in [-0.05, 0) is 137 Å². The second kappa shape index (κ2) is 14.0. The minimum Gasteiger partial charge on any atom is -0.362 e. The van der Waals surface area contributed by atoms with Gasteiger partial charge in [-0.3, -0.25) is 19.4 Å². The molecule has 7 nitrogen and oxygen atoms in total. The number of amides is 2. The first kappa shape index (κ1) is 31.5. The van der Waals surface area contributed by atoms with Crippen LogP contribution >= 0.6 is 0 Å². The van der Waals surface area contributed by atoms with E-state index < -0.39 is 0 Å². The number of nitrogens with one attached hydrogen (secondary N) is 2. The van der Waals surface area contributed by atoms with Gasteiger partial charge in [-0.25, -0.2) is 0 Å². The fourth-order valence-electron chi connectivity index (χ4n) is 10.6. The van der Waals surface area contributed by atoms with E-state index in [1.165, 1.54) is 77.3 Å². The quantitative estimate of drug-likeness (QED) is 0.264. The lowest BCUT2D eigenvalue weighted by Gasteiger charge is -2.31. The number of hydrogen-bond donors (Lipinski definition) is 2.